The van der Waals surface area contributed by atoms with Crippen LogP contribution < -0.4 is 0 Å². The van der Waals surface area contributed by atoms with Gasteiger partial charge in [-0.25, -0.2) is 0 Å². The van der Waals surface area contributed by atoms with E-state index in [1.165, 1.54) is 7.11 Å². The largest absolute Gasteiger partial charge is 0.469 e. The van der Waals surface area contributed by atoms with Gasteiger partial charge in [0.25, 0.3) is 0 Å². The highest BCUT2D eigenvalue weighted by Crippen LogP contribution is 2.01. The fourth-order valence-electron chi connectivity index (χ4n) is 0.644. The van der Waals surface area contributed by atoms with Gasteiger partial charge in [0.15, 0.2) is 0 Å². The Hall–Kier alpha value is -1.91. The molecular weight excluding hydrogens is 176 g/mol. The fraction of sp³-hybridized carbons (Fsp3) is 0.800. The molecule has 0 aromatic carbocycles. The number of ether oxygens (including phenoxy) is 1. The molecular formula is C5H8N6O2. The highest BCUT2D eigenvalue weighted by atomic mass is 16.5. The predicted octanol–water partition coefficient (Wildman–Crippen LogP) is 1.40. The Balaban J connectivity index is 4.24. The van der Waals surface area contributed by atoms with Crippen molar-refractivity contribution >= 4 is 5.97 Å². The van der Waals surface area contributed by atoms with Crippen molar-refractivity contribution in [1.29, 1.82) is 0 Å². The van der Waals surface area contributed by atoms with E-state index in [4.69, 9.17) is 11.1 Å². The van der Waals surface area contributed by atoms with E-state index >= 15 is 0 Å². The van der Waals surface area contributed by atoms with E-state index in [0.29, 0.717) is 0 Å². The summed E-state index contributed by atoms with van der Waals surface area (Å²) < 4.78 is 4.40. The number of carbonyl (C=O) groups excluding carboxylic acids is 1. The van der Waals surface area contributed by atoms with Crippen LogP contribution in [-0.4, -0.2) is 26.2 Å². The molecule has 0 aromatic rings. The number of carbonyl (C=O) groups is 1. The summed E-state index contributed by atoms with van der Waals surface area (Å²) in [4.78, 5) is 15.9. The van der Waals surface area contributed by atoms with Crippen LogP contribution in [0.5, 0.6) is 0 Å². The van der Waals surface area contributed by atoms with Crippen molar-refractivity contribution in [3.05, 3.63) is 20.9 Å². The molecule has 0 aliphatic carbocycles. The monoisotopic (exact) mass is 184 g/mol. The number of methoxy groups -OCH3 is 1. The van der Waals surface area contributed by atoms with E-state index in [9.17, 15) is 4.79 Å². The highest BCUT2D eigenvalue weighted by molar-refractivity contribution is 5.72. The molecule has 8 heteroatoms. The van der Waals surface area contributed by atoms with Crippen molar-refractivity contribution in [2.45, 2.75) is 0 Å². The molecule has 0 aromatic heterocycles. The molecule has 0 saturated heterocycles. The van der Waals surface area contributed by atoms with Gasteiger partial charge in [0, 0.05) is 22.9 Å². The molecule has 0 aliphatic rings. The lowest BCUT2D eigenvalue weighted by molar-refractivity contribution is -0.144. The van der Waals surface area contributed by atoms with E-state index < -0.39 is 11.9 Å². The van der Waals surface area contributed by atoms with E-state index in [0.717, 1.165) is 0 Å². The van der Waals surface area contributed by atoms with Crippen LogP contribution in [0.25, 0.3) is 20.9 Å². The molecule has 0 atom stereocenters. The SMILES string of the molecule is COC(=O)C(CN=[N+]=[N-])CN=[N+]=[N-]. The van der Waals surface area contributed by atoms with Crippen LogP contribution in [-0.2, 0) is 9.53 Å². The summed E-state index contributed by atoms with van der Waals surface area (Å²) in [6.07, 6.45) is 0. The van der Waals surface area contributed by atoms with E-state index in [1.54, 1.807) is 0 Å². The topological polar surface area (TPSA) is 124 Å². The maximum Gasteiger partial charge on any atom is 0.308 e. The van der Waals surface area contributed by atoms with Crippen molar-refractivity contribution in [2.75, 3.05) is 20.2 Å². The summed E-state index contributed by atoms with van der Waals surface area (Å²) >= 11 is 0. The third-order valence-corrected chi connectivity index (χ3v) is 1.27. The Bertz CT molecular complexity index is 244. The Morgan fingerprint density at radius 1 is 1.38 bits per heavy atom. The normalized spacial score (nSPS) is 10.5. The molecule has 0 rings (SSSR count). The summed E-state index contributed by atoms with van der Waals surface area (Å²) in [6, 6.07) is 0. The van der Waals surface area contributed by atoms with Crippen LogP contribution in [0.2, 0.25) is 0 Å². The summed E-state index contributed by atoms with van der Waals surface area (Å²) in [5.41, 5.74) is 16.0. The van der Waals surface area contributed by atoms with Gasteiger partial charge in [-0.3, -0.25) is 4.79 Å². The Kier molecular flexibility index (Phi) is 5.78. The van der Waals surface area contributed by atoms with Crippen LogP contribution in [0.1, 0.15) is 0 Å². The van der Waals surface area contributed by atoms with Gasteiger partial charge in [-0.2, -0.15) is 0 Å². The molecule has 0 radical (unpaired) electrons. The number of nitrogens with zero attached hydrogens (tertiary/aromatic N) is 6. The maximum absolute atomic E-state index is 10.9. The molecule has 0 N–H and O–H groups in total. The van der Waals surface area contributed by atoms with Crippen molar-refractivity contribution in [2.24, 2.45) is 16.1 Å². The standard InChI is InChI=1S/C5H8N6O2/c1-13-5(12)4(2-8-10-6)3-9-11-7/h4H,2-3H2,1H3. The van der Waals surface area contributed by atoms with Gasteiger partial charge in [0.2, 0.25) is 0 Å². The smallest absolute Gasteiger partial charge is 0.308 e. The third kappa shape index (κ3) is 4.52. The average Bonchev–Trinajstić information content (AvgIpc) is 2.17. The number of azide groups is 2. The van der Waals surface area contributed by atoms with Gasteiger partial charge >= 0.3 is 5.97 Å². The minimum atomic E-state index is -0.697. The van der Waals surface area contributed by atoms with Crippen LogP contribution >= 0.6 is 0 Å². The first-order chi connectivity index (χ1) is 6.26. The summed E-state index contributed by atoms with van der Waals surface area (Å²) in [5, 5.41) is 6.38. The van der Waals surface area contributed by atoms with Gasteiger partial charge in [-0.15, -0.1) is 0 Å². The number of hydrogen-bond acceptors (Lipinski definition) is 4. The second kappa shape index (κ2) is 6.78. The molecule has 0 bridgehead atoms. The Labute approximate surface area is 73.7 Å². The van der Waals surface area contributed by atoms with Crippen LogP contribution in [0.15, 0.2) is 10.2 Å². The molecule has 0 fully saturated rings. The number of esters is 1. The van der Waals surface area contributed by atoms with Crippen LogP contribution in [0.3, 0.4) is 0 Å². The predicted molar refractivity (Wildman–Crippen MR) is 43.5 cm³/mol. The second-order valence-corrected chi connectivity index (χ2v) is 2.05. The van der Waals surface area contributed by atoms with Crippen molar-refractivity contribution in [3.8, 4) is 0 Å². The quantitative estimate of drug-likeness (QED) is 0.277. The second-order valence-electron chi connectivity index (χ2n) is 2.05. The lowest BCUT2D eigenvalue weighted by Gasteiger charge is -2.07. The first-order valence-electron chi connectivity index (χ1n) is 3.35. The molecule has 0 aliphatic heterocycles. The zero-order valence-electron chi connectivity index (χ0n) is 6.99. The minimum absolute atomic E-state index is 0.0673. The molecule has 8 nitrogen and oxygen atoms in total. The van der Waals surface area contributed by atoms with Gasteiger partial charge in [0.1, 0.15) is 0 Å². The van der Waals surface area contributed by atoms with Gasteiger partial charge < -0.3 is 4.74 Å². The first-order valence-corrected chi connectivity index (χ1v) is 3.35. The average molecular weight is 184 g/mol. The summed E-state index contributed by atoms with van der Waals surface area (Å²) in [6.45, 7) is -0.135. The van der Waals surface area contributed by atoms with Gasteiger partial charge in [0.05, 0.1) is 13.0 Å². The highest BCUT2D eigenvalue weighted by Gasteiger charge is 2.16. The molecule has 0 unspecified atom stereocenters. The minimum Gasteiger partial charge on any atom is -0.469 e. The van der Waals surface area contributed by atoms with E-state index in [2.05, 4.69) is 24.8 Å². The molecule has 0 saturated carbocycles. The molecule has 70 valence electrons. The van der Waals surface area contributed by atoms with Crippen LogP contribution in [0, 0.1) is 5.92 Å². The Morgan fingerprint density at radius 3 is 2.15 bits per heavy atom. The third-order valence-electron chi connectivity index (χ3n) is 1.27. The number of hydrogen-bond donors (Lipinski definition) is 0. The summed E-state index contributed by atoms with van der Waals surface area (Å²) in [7, 11) is 1.21. The van der Waals surface area contributed by atoms with Crippen LogP contribution in [0.4, 0.5) is 0 Å². The van der Waals surface area contributed by atoms with E-state index in [1.807, 2.05) is 0 Å². The number of rotatable bonds is 5. The summed E-state index contributed by atoms with van der Waals surface area (Å²) in [5.74, 6) is -1.25. The Morgan fingerprint density at radius 2 is 1.85 bits per heavy atom. The molecule has 13 heavy (non-hydrogen) atoms. The zero-order valence-corrected chi connectivity index (χ0v) is 6.99. The van der Waals surface area contributed by atoms with Crippen molar-refractivity contribution in [1.82, 2.24) is 0 Å². The molecule has 0 heterocycles. The van der Waals surface area contributed by atoms with Crippen molar-refractivity contribution < 1.29 is 9.53 Å². The van der Waals surface area contributed by atoms with Gasteiger partial charge in [-0.1, -0.05) is 10.2 Å². The van der Waals surface area contributed by atoms with Gasteiger partial charge in [-0.05, 0) is 11.1 Å². The van der Waals surface area contributed by atoms with Crippen molar-refractivity contribution in [3.63, 3.8) is 0 Å². The zero-order chi connectivity index (χ0) is 10.1. The molecule has 0 amide bonds. The molecule has 0 spiro atoms. The lowest BCUT2D eigenvalue weighted by Crippen LogP contribution is -2.21. The lowest BCUT2D eigenvalue weighted by atomic mass is 10.1. The maximum atomic E-state index is 10.9. The van der Waals surface area contributed by atoms with E-state index in [-0.39, 0.29) is 13.1 Å². The first kappa shape index (κ1) is 11.1. The fourth-order valence-corrected chi connectivity index (χ4v) is 0.644.